The van der Waals surface area contributed by atoms with Gasteiger partial charge < -0.3 is 10.2 Å². The van der Waals surface area contributed by atoms with Crippen LogP contribution >= 0.6 is 0 Å². The van der Waals surface area contributed by atoms with Crippen molar-refractivity contribution in [3.8, 4) is 0 Å². The third-order valence-corrected chi connectivity index (χ3v) is 3.11. The van der Waals surface area contributed by atoms with E-state index in [1.54, 1.807) is 6.07 Å². The molecule has 0 saturated carbocycles. The zero-order valence-electron chi connectivity index (χ0n) is 11.1. The Labute approximate surface area is 103 Å². The van der Waals surface area contributed by atoms with Gasteiger partial charge in [-0.05, 0) is 53.0 Å². The molecule has 1 N–H and O–H groups in total. The number of aromatic nitrogens is 1. The van der Waals surface area contributed by atoms with E-state index in [1.165, 1.54) is 12.3 Å². The molecule has 96 valence electrons. The number of pyridine rings is 1. The Hall–Kier alpha value is -1.00. The molecule has 1 aromatic rings. The van der Waals surface area contributed by atoms with Gasteiger partial charge >= 0.3 is 0 Å². The van der Waals surface area contributed by atoms with Crippen molar-refractivity contribution < 1.29 is 4.39 Å². The van der Waals surface area contributed by atoms with E-state index in [-0.39, 0.29) is 11.9 Å². The quantitative estimate of drug-likeness (QED) is 0.825. The molecule has 1 heterocycles. The van der Waals surface area contributed by atoms with E-state index in [9.17, 15) is 4.39 Å². The summed E-state index contributed by atoms with van der Waals surface area (Å²) in [6.07, 6.45) is 2.23. The van der Waals surface area contributed by atoms with Crippen LogP contribution < -0.4 is 5.32 Å². The summed E-state index contributed by atoms with van der Waals surface area (Å²) in [5.74, 6) is -0.289. The van der Waals surface area contributed by atoms with Crippen LogP contribution in [0.25, 0.3) is 0 Å². The van der Waals surface area contributed by atoms with Gasteiger partial charge in [0.05, 0.1) is 17.9 Å². The van der Waals surface area contributed by atoms with Crippen LogP contribution in [-0.4, -0.2) is 36.6 Å². The molecule has 0 fully saturated rings. The Morgan fingerprint density at radius 2 is 2.12 bits per heavy atom. The summed E-state index contributed by atoms with van der Waals surface area (Å²) in [4.78, 5) is 6.40. The summed E-state index contributed by atoms with van der Waals surface area (Å²) in [6.45, 7) is 5.33. The molecule has 0 bridgehead atoms. The Balaban J connectivity index is 2.57. The highest BCUT2D eigenvalue weighted by Crippen LogP contribution is 2.14. The normalized spacial score (nSPS) is 13.4. The van der Waals surface area contributed by atoms with E-state index in [4.69, 9.17) is 0 Å². The monoisotopic (exact) mass is 239 g/mol. The lowest BCUT2D eigenvalue weighted by molar-refractivity contribution is 0.257. The fourth-order valence-corrected chi connectivity index (χ4v) is 1.62. The fraction of sp³-hybridized carbons (Fsp3) is 0.615. The summed E-state index contributed by atoms with van der Waals surface area (Å²) < 4.78 is 12.8. The van der Waals surface area contributed by atoms with Crippen LogP contribution in [0.3, 0.4) is 0 Å². The molecule has 1 rings (SSSR count). The molecular formula is C13H22FN3. The van der Waals surface area contributed by atoms with Gasteiger partial charge in [0.1, 0.15) is 5.82 Å². The van der Waals surface area contributed by atoms with Crippen LogP contribution in [0.15, 0.2) is 18.3 Å². The number of rotatable bonds is 6. The molecule has 0 aliphatic carbocycles. The molecule has 0 amide bonds. The van der Waals surface area contributed by atoms with Gasteiger partial charge in [-0.15, -0.1) is 0 Å². The maximum Gasteiger partial charge on any atom is 0.141 e. The van der Waals surface area contributed by atoms with Crippen molar-refractivity contribution in [3.05, 3.63) is 29.8 Å². The fourth-order valence-electron chi connectivity index (χ4n) is 1.62. The molecule has 1 aromatic heterocycles. The Kier molecular flexibility index (Phi) is 5.51. The van der Waals surface area contributed by atoms with Crippen LogP contribution in [-0.2, 0) is 0 Å². The van der Waals surface area contributed by atoms with Crippen molar-refractivity contribution >= 4 is 0 Å². The summed E-state index contributed by atoms with van der Waals surface area (Å²) in [5, 5.41) is 3.22. The maximum atomic E-state index is 12.8. The lowest BCUT2D eigenvalue weighted by Crippen LogP contribution is -2.30. The molecule has 1 unspecified atom stereocenters. The van der Waals surface area contributed by atoms with Gasteiger partial charge in [0.15, 0.2) is 0 Å². The number of nitrogens with one attached hydrogen (secondary N) is 1. The summed E-state index contributed by atoms with van der Waals surface area (Å²) in [6, 6.07) is 3.91. The lowest BCUT2D eigenvalue weighted by atomic mass is 10.1. The zero-order chi connectivity index (χ0) is 12.8. The molecule has 3 nitrogen and oxygen atoms in total. The first-order valence-electron chi connectivity index (χ1n) is 6.03. The van der Waals surface area contributed by atoms with E-state index in [0.29, 0.717) is 6.04 Å². The Morgan fingerprint density at radius 3 is 2.59 bits per heavy atom. The largest absolute Gasteiger partial charge is 0.312 e. The van der Waals surface area contributed by atoms with E-state index < -0.39 is 0 Å². The zero-order valence-corrected chi connectivity index (χ0v) is 11.1. The van der Waals surface area contributed by atoms with Crippen LogP contribution in [0.4, 0.5) is 4.39 Å². The molecule has 17 heavy (non-hydrogen) atoms. The molecule has 1 atom stereocenters. The Morgan fingerprint density at radius 1 is 1.41 bits per heavy atom. The molecule has 4 heteroatoms. The van der Waals surface area contributed by atoms with Crippen molar-refractivity contribution in [2.75, 3.05) is 20.6 Å². The van der Waals surface area contributed by atoms with E-state index in [1.807, 2.05) is 7.05 Å². The molecule has 0 aliphatic rings. The van der Waals surface area contributed by atoms with Gasteiger partial charge in [-0.3, -0.25) is 4.98 Å². The predicted octanol–water partition coefficient (Wildman–Crippen LogP) is 2.21. The summed E-state index contributed by atoms with van der Waals surface area (Å²) in [5.41, 5.74) is 0.894. The van der Waals surface area contributed by atoms with Crippen LogP contribution in [0.1, 0.15) is 32.0 Å². The average molecular weight is 239 g/mol. The smallest absolute Gasteiger partial charge is 0.141 e. The van der Waals surface area contributed by atoms with Gasteiger partial charge in [-0.2, -0.15) is 0 Å². The van der Waals surface area contributed by atoms with Crippen molar-refractivity contribution in [3.63, 3.8) is 0 Å². The third kappa shape index (κ3) is 4.40. The standard InChI is InChI=1S/C13H22FN3/c1-10(2)17(4)8-7-12(15-3)13-6-5-11(14)9-16-13/h5-6,9-10,12,15H,7-8H2,1-4H3. The van der Waals surface area contributed by atoms with Gasteiger partial charge in [0, 0.05) is 6.04 Å². The summed E-state index contributed by atoms with van der Waals surface area (Å²) >= 11 is 0. The molecule has 0 saturated heterocycles. The van der Waals surface area contributed by atoms with E-state index in [2.05, 4.69) is 36.1 Å². The van der Waals surface area contributed by atoms with Crippen LogP contribution in [0.5, 0.6) is 0 Å². The lowest BCUT2D eigenvalue weighted by Gasteiger charge is -2.24. The van der Waals surface area contributed by atoms with E-state index >= 15 is 0 Å². The highest BCUT2D eigenvalue weighted by molar-refractivity contribution is 5.09. The van der Waals surface area contributed by atoms with Crippen molar-refractivity contribution in [1.29, 1.82) is 0 Å². The third-order valence-electron chi connectivity index (χ3n) is 3.11. The van der Waals surface area contributed by atoms with Crippen LogP contribution in [0, 0.1) is 5.82 Å². The van der Waals surface area contributed by atoms with Gasteiger partial charge in [-0.25, -0.2) is 4.39 Å². The first-order chi connectivity index (χ1) is 8.04. The molecule has 0 radical (unpaired) electrons. The summed E-state index contributed by atoms with van der Waals surface area (Å²) in [7, 11) is 4.01. The van der Waals surface area contributed by atoms with E-state index in [0.717, 1.165) is 18.7 Å². The molecule has 0 aromatic carbocycles. The highest BCUT2D eigenvalue weighted by atomic mass is 19.1. The maximum absolute atomic E-state index is 12.8. The molecule has 0 spiro atoms. The second-order valence-electron chi connectivity index (χ2n) is 4.61. The number of hydrogen-bond donors (Lipinski definition) is 1. The SMILES string of the molecule is CNC(CCN(C)C(C)C)c1ccc(F)cn1. The van der Waals surface area contributed by atoms with Crippen molar-refractivity contribution in [2.24, 2.45) is 0 Å². The van der Waals surface area contributed by atoms with Crippen molar-refractivity contribution in [1.82, 2.24) is 15.2 Å². The minimum atomic E-state index is -0.289. The molecule has 0 aliphatic heterocycles. The highest BCUT2D eigenvalue weighted by Gasteiger charge is 2.12. The topological polar surface area (TPSA) is 28.2 Å². The minimum Gasteiger partial charge on any atom is -0.312 e. The van der Waals surface area contributed by atoms with Crippen molar-refractivity contribution in [2.45, 2.75) is 32.4 Å². The number of hydrogen-bond acceptors (Lipinski definition) is 3. The van der Waals surface area contributed by atoms with Crippen LogP contribution in [0.2, 0.25) is 0 Å². The Bertz CT molecular complexity index is 324. The van der Waals surface area contributed by atoms with Gasteiger partial charge in [0.2, 0.25) is 0 Å². The predicted molar refractivity (Wildman–Crippen MR) is 68.4 cm³/mol. The second-order valence-corrected chi connectivity index (χ2v) is 4.61. The van der Waals surface area contributed by atoms with Gasteiger partial charge in [-0.1, -0.05) is 0 Å². The van der Waals surface area contributed by atoms with Gasteiger partial charge in [0.25, 0.3) is 0 Å². The first-order valence-corrected chi connectivity index (χ1v) is 6.03. The first kappa shape index (κ1) is 14.1. The molecular weight excluding hydrogens is 217 g/mol. The average Bonchev–Trinajstić information content (AvgIpc) is 2.31. The number of halogens is 1. The number of nitrogens with zero attached hydrogens (tertiary/aromatic N) is 2. The minimum absolute atomic E-state index is 0.178. The second kappa shape index (κ2) is 6.67.